The van der Waals surface area contributed by atoms with Crippen LogP contribution in [0.3, 0.4) is 0 Å². The molecule has 126 valence electrons. The highest BCUT2D eigenvalue weighted by molar-refractivity contribution is 5.91. The Morgan fingerprint density at radius 1 is 1.08 bits per heavy atom. The number of aromatic nitrogens is 3. The van der Waals surface area contributed by atoms with Crippen molar-refractivity contribution in [2.75, 3.05) is 5.32 Å². The molecule has 0 saturated heterocycles. The molecule has 2 aromatic heterocycles. The van der Waals surface area contributed by atoms with Gasteiger partial charge in [-0.3, -0.25) is 14.6 Å². The summed E-state index contributed by atoms with van der Waals surface area (Å²) in [5.74, 6) is -0.296. The highest BCUT2D eigenvalue weighted by atomic mass is 16.2. The minimum atomic E-state index is -0.325. The number of benzene rings is 1. The fourth-order valence-corrected chi connectivity index (χ4v) is 2.44. The van der Waals surface area contributed by atoms with Crippen molar-refractivity contribution in [2.24, 2.45) is 0 Å². The van der Waals surface area contributed by atoms with E-state index < -0.39 is 0 Å². The van der Waals surface area contributed by atoms with Gasteiger partial charge in [0.05, 0.1) is 5.69 Å². The first-order valence-electron chi connectivity index (χ1n) is 7.88. The number of rotatable bonds is 4. The summed E-state index contributed by atoms with van der Waals surface area (Å²) in [5, 5.41) is 7.12. The third-order valence-electron chi connectivity index (χ3n) is 3.80. The van der Waals surface area contributed by atoms with Gasteiger partial charge >= 0.3 is 0 Å². The van der Waals surface area contributed by atoms with E-state index in [1.807, 2.05) is 32.0 Å². The van der Waals surface area contributed by atoms with E-state index in [0.29, 0.717) is 5.69 Å². The lowest BCUT2D eigenvalue weighted by molar-refractivity contribution is -0.117. The molecule has 2 heterocycles. The van der Waals surface area contributed by atoms with E-state index in [0.717, 1.165) is 27.1 Å². The summed E-state index contributed by atoms with van der Waals surface area (Å²) < 4.78 is 1.16. The molecule has 0 aliphatic carbocycles. The maximum absolute atomic E-state index is 12.3. The molecule has 0 radical (unpaired) electrons. The van der Waals surface area contributed by atoms with E-state index in [1.54, 1.807) is 30.6 Å². The van der Waals surface area contributed by atoms with Crippen molar-refractivity contribution in [3.05, 3.63) is 76.3 Å². The van der Waals surface area contributed by atoms with Gasteiger partial charge in [-0.05, 0) is 49.2 Å². The largest absolute Gasteiger partial charge is 0.324 e. The Hall–Kier alpha value is -3.28. The van der Waals surface area contributed by atoms with E-state index in [-0.39, 0.29) is 18.0 Å². The van der Waals surface area contributed by atoms with Crippen molar-refractivity contribution in [3.63, 3.8) is 0 Å². The third-order valence-corrected chi connectivity index (χ3v) is 3.80. The van der Waals surface area contributed by atoms with Gasteiger partial charge in [-0.25, -0.2) is 4.68 Å². The molecule has 0 bridgehead atoms. The van der Waals surface area contributed by atoms with Crippen LogP contribution < -0.4 is 10.9 Å². The Balaban J connectivity index is 1.81. The predicted octanol–water partition coefficient (Wildman–Crippen LogP) is 2.56. The zero-order valence-corrected chi connectivity index (χ0v) is 14.1. The van der Waals surface area contributed by atoms with E-state index in [4.69, 9.17) is 0 Å². The van der Waals surface area contributed by atoms with Gasteiger partial charge in [0.1, 0.15) is 6.54 Å². The second-order valence-corrected chi connectivity index (χ2v) is 5.82. The van der Waals surface area contributed by atoms with Crippen LogP contribution in [0.2, 0.25) is 0 Å². The number of carbonyl (C=O) groups is 1. The fraction of sp³-hybridized carbons (Fsp3) is 0.158. The number of carbonyl (C=O) groups excluding carboxylic acids is 1. The number of pyridine rings is 1. The van der Waals surface area contributed by atoms with Gasteiger partial charge in [-0.1, -0.05) is 12.1 Å². The Labute approximate surface area is 145 Å². The number of hydrogen-bond donors (Lipinski definition) is 1. The summed E-state index contributed by atoms with van der Waals surface area (Å²) in [5.41, 5.74) is 3.87. The van der Waals surface area contributed by atoms with Gasteiger partial charge in [-0.15, -0.1) is 0 Å². The van der Waals surface area contributed by atoms with Crippen LogP contribution in [-0.2, 0) is 11.3 Å². The molecule has 3 rings (SSSR count). The molecule has 0 saturated carbocycles. The van der Waals surface area contributed by atoms with Crippen molar-refractivity contribution in [1.82, 2.24) is 14.8 Å². The average Bonchev–Trinajstić information content (AvgIpc) is 2.61. The second kappa shape index (κ2) is 7.09. The standard InChI is InChI=1S/C19H18N4O2/c1-13-3-4-14(2)17(11-13)21-18(24)12-23-19(25)6-5-16(22-23)15-7-9-20-10-8-15/h3-11H,12H2,1-2H3,(H,21,24). The Bertz CT molecular complexity index is 965. The molecule has 0 fully saturated rings. The zero-order valence-electron chi connectivity index (χ0n) is 14.1. The van der Waals surface area contributed by atoms with Gasteiger partial charge in [0.15, 0.2) is 0 Å². The fourth-order valence-electron chi connectivity index (χ4n) is 2.44. The highest BCUT2D eigenvalue weighted by Gasteiger charge is 2.09. The van der Waals surface area contributed by atoms with Crippen molar-refractivity contribution < 1.29 is 4.79 Å². The van der Waals surface area contributed by atoms with Crippen LogP contribution in [0.15, 0.2) is 59.7 Å². The van der Waals surface area contributed by atoms with Crippen LogP contribution in [0.5, 0.6) is 0 Å². The van der Waals surface area contributed by atoms with Crippen LogP contribution >= 0.6 is 0 Å². The third kappa shape index (κ3) is 3.98. The lowest BCUT2D eigenvalue weighted by atomic mass is 10.1. The first-order valence-corrected chi connectivity index (χ1v) is 7.88. The van der Waals surface area contributed by atoms with Crippen LogP contribution in [0.4, 0.5) is 5.69 Å². The molecule has 25 heavy (non-hydrogen) atoms. The first kappa shape index (κ1) is 16.6. The molecule has 1 amide bonds. The molecule has 1 aromatic carbocycles. The average molecular weight is 334 g/mol. The van der Waals surface area contributed by atoms with Crippen LogP contribution in [0.25, 0.3) is 11.3 Å². The molecule has 6 nitrogen and oxygen atoms in total. The number of anilines is 1. The second-order valence-electron chi connectivity index (χ2n) is 5.82. The number of amides is 1. The number of aryl methyl sites for hydroxylation is 2. The minimum Gasteiger partial charge on any atom is -0.324 e. The molecule has 0 spiro atoms. The lowest BCUT2D eigenvalue weighted by Crippen LogP contribution is -2.29. The molecule has 1 N–H and O–H groups in total. The first-order chi connectivity index (χ1) is 12.0. The van der Waals surface area contributed by atoms with Gasteiger partial charge in [0, 0.05) is 29.7 Å². The van der Waals surface area contributed by atoms with Gasteiger partial charge in [0.2, 0.25) is 5.91 Å². The Kier molecular flexibility index (Phi) is 4.70. The van der Waals surface area contributed by atoms with Gasteiger partial charge in [-0.2, -0.15) is 5.10 Å². The normalized spacial score (nSPS) is 10.5. The Morgan fingerprint density at radius 2 is 1.84 bits per heavy atom. The molecule has 0 aliphatic heterocycles. The number of nitrogens with zero attached hydrogens (tertiary/aromatic N) is 3. The van der Waals surface area contributed by atoms with Crippen molar-refractivity contribution in [1.29, 1.82) is 0 Å². The molecule has 6 heteroatoms. The molecule has 0 aliphatic rings. The predicted molar refractivity (Wildman–Crippen MR) is 96.3 cm³/mol. The van der Waals surface area contributed by atoms with E-state index >= 15 is 0 Å². The maximum Gasteiger partial charge on any atom is 0.267 e. The van der Waals surface area contributed by atoms with E-state index in [2.05, 4.69) is 15.4 Å². The van der Waals surface area contributed by atoms with Crippen molar-refractivity contribution in [3.8, 4) is 11.3 Å². The smallest absolute Gasteiger partial charge is 0.267 e. The summed E-state index contributed by atoms with van der Waals surface area (Å²) in [6, 6.07) is 12.5. The van der Waals surface area contributed by atoms with Crippen LogP contribution in [-0.4, -0.2) is 20.7 Å². The molecule has 0 atom stereocenters. The molecular weight excluding hydrogens is 316 g/mol. The molecule has 0 unspecified atom stereocenters. The number of nitrogens with one attached hydrogen (secondary N) is 1. The summed E-state index contributed by atoms with van der Waals surface area (Å²) in [6.45, 7) is 3.73. The zero-order chi connectivity index (χ0) is 17.8. The summed E-state index contributed by atoms with van der Waals surface area (Å²) in [7, 11) is 0. The lowest BCUT2D eigenvalue weighted by Gasteiger charge is -2.10. The van der Waals surface area contributed by atoms with E-state index in [1.165, 1.54) is 6.07 Å². The topological polar surface area (TPSA) is 76.9 Å². The summed E-state index contributed by atoms with van der Waals surface area (Å²) in [6.07, 6.45) is 3.30. The minimum absolute atomic E-state index is 0.148. The van der Waals surface area contributed by atoms with Gasteiger partial charge < -0.3 is 5.32 Å². The van der Waals surface area contributed by atoms with Crippen LogP contribution in [0, 0.1) is 13.8 Å². The van der Waals surface area contributed by atoms with Crippen LogP contribution in [0.1, 0.15) is 11.1 Å². The SMILES string of the molecule is Cc1ccc(C)c(NC(=O)Cn2nc(-c3ccncc3)ccc2=O)c1. The molecule has 3 aromatic rings. The number of hydrogen-bond acceptors (Lipinski definition) is 4. The monoisotopic (exact) mass is 334 g/mol. The van der Waals surface area contributed by atoms with Crippen molar-refractivity contribution in [2.45, 2.75) is 20.4 Å². The van der Waals surface area contributed by atoms with Crippen molar-refractivity contribution >= 4 is 11.6 Å². The van der Waals surface area contributed by atoms with E-state index in [9.17, 15) is 9.59 Å². The maximum atomic E-state index is 12.3. The molecular formula is C19H18N4O2. The quantitative estimate of drug-likeness (QED) is 0.795. The summed E-state index contributed by atoms with van der Waals surface area (Å²) >= 11 is 0. The highest BCUT2D eigenvalue weighted by Crippen LogP contribution is 2.16. The van der Waals surface area contributed by atoms with Gasteiger partial charge in [0.25, 0.3) is 5.56 Å². The Morgan fingerprint density at radius 3 is 2.60 bits per heavy atom. The summed E-state index contributed by atoms with van der Waals surface area (Å²) in [4.78, 5) is 28.3.